The number of amides is 2. The van der Waals surface area contributed by atoms with Crippen LogP contribution in [-0.4, -0.2) is 43.3 Å². The Kier molecular flexibility index (Phi) is 6.42. The Labute approximate surface area is 153 Å². The van der Waals surface area contributed by atoms with Gasteiger partial charge in [-0.1, -0.05) is 0 Å². The predicted octanol–water partition coefficient (Wildman–Crippen LogP) is 3.45. The average molecular weight is 417 g/mol. The first-order valence-corrected chi connectivity index (χ1v) is 9.24. The van der Waals surface area contributed by atoms with Gasteiger partial charge >= 0.3 is 12.0 Å². The molecule has 132 valence electrons. The van der Waals surface area contributed by atoms with Crippen molar-refractivity contribution in [3.63, 3.8) is 0 Å². The fourth-order valence-electron chi connectivity index (χ4n) is 2.63. The molecule has 0 aromatic carbocycles. The Hall–Kier alpha value is -1.38. The molecule has 0 saturated heterocycles. The fourth-order valence-corrected chi connectivity index (χ4v) is 4.14. The van der Waals surface area contributed by atoms with Crippen LogP contribution in [0.4, 0.5) is 4.79 Å². The number of rotatable bonds is 6. The van der Waals surface area contributed by atoms with E-state index < -0.39 is 12.0 Å². The summed E-state index contributed by atoms with van der Waals surface area (Å²) in [6.45, 7) is 6.08. The lowest BCUT2D eigenvalue weighted by Crippen LogP contribution is -2.50. The first kappa shape index (κ1) is 19.0. The quantitative estimate of drug-likeness (QED) is 0.569. The zero-order valence-corrected chi connectivity index (χ0v) is 16.5. The van der Waals surface area contributed by atoms with E-state index in [9.17, 15) is 9.59 Å². The highest BCUT2D eigenvalue weighted by Crippen LogP contribution is 2.36. The summed E-state index contributed by atoms with van der Waals surface area (Å²) in [4.78, 5) is 27.5. The maximum absolute atomic E-state index is 12.6. The molecule has 1 aliphatic rings. The zero-order chi connectivity index (χ0) is 17.9. The van der Waals surface area contributed by atoms with Gasteiger partial charge in [0.1, 0.15) is 6.61 Å². The average Bonchev–Trinajstić information content (AvgIpc) is 2.92. The van der Waals surface area contributed by atoms with Crippen molar-refractivity contribution in [3.8, 4) is 0 Å². The fraction of sp³-hybridized carbons (Fsp3) is 0.500. The minimum Gasteiger partial charge on any atom is -0.460 e. The molecule has 1 aromatic heterocycles. The second-order valence-electron chi connectivity index (χ2n) is 5.64. The largest absolute Gasteiger partial charge is 0.460 e. The molecular weight excluding hydrogens is 396 g/mol. The third kappa shape index (κ3) is 3.99. The lowest BCUT2D eigenvalue weighted by molar-refractivity contribution is -0.140. The molecule has 2 heterocycles. The molecule has 0 spiro atoms. The van der Waals surface area contributed by atoms with Crippen LogP contribution in [0.2, 0.25) is 0 Å². The molecule has 0 fully saturated rings. The predicted molar refractivity (Wildman–Crippen MR) is 95.8 cm³/mol. The van der Waals surface area contributed by atoms with Gasteiger partial charge in [-0.2, -0.15) is 0 Å². The van der Waals surface area contributed by atoms with Crippen molar-refractivity contribution in [1.82, 2.24) is 10.2 Å². The molecule has 1 aromatic rings. The number of carbonyl (C=O) groups excluding carboxylic acids is 2. The second-order valence-corrected chi connectivity index (χ2v) is 7.50. The van der Waals surface area contributed by atoms with Crippen LogP contribution in [0, 0.1) is 0 Å². The molecule has 24 heavy (non-hydrogen) atoms. The summed E-state index contributed by atoms with van der Waals surface area (Å²) < 4.78 is 11.1. The van der Waals surface area contributed by atoms with Crippen molar-refractivity contribution < 1.29 is 19.1 Å². The molecule has 8 heteroatoms. The van der Waals surface area contributed by atoms with E-state index in [0.29, 0.717) is 17.9 Å². The van der Waals surface area contributed by atoms with Crippen molar-refractivity contribution in [2.75, 3.05) is 20.3 Å². The van der Waals surface area contributed by atoms with Crippen molar-refractivity contribution in [3.05, 3.63) is 32.1 Å². The summed E-state index contributed by atoms with van der Waals surface area (Å²) in [5, 5.41) is 4.83. The SMILES string of the molecule is COCCOC(=O)C1=C(C)N(C(C)C)C(=O)N[C@@H]1c1cc(Br)cs1. The number of ether oxygens (including phenoxy) is 2. The molecule has 2 rings (SSSR count). The van der Waals surface area contributed by atoms with E-state index in [2.05, 4.69) is 21.2 Å². The van der Waals surface area contributed by atoms with Crippen molar-refractivity contribution in [1.29, 1.82) is 0 Å². The molecule has 2 amide bonds. The first-order chi connectivity index (χ1) is 11.4. The number of carbonyl (C=O) groups is 2. The zero-order valence-electron chi connectivity index (χ0n) is 14.1. The number of nitrogens with one attached hydrogen (secondary N) is 1. The van der Waals surface area contributed by atoms with E-state index >= 15 is 0 Å². The minimum atomic E-state index is -0.515. The Morgan fingerprint density at radius 2 is 2.17 bits per heavy atom. The van der Waals surface area contributed by atoms with Gasteiger partial charge in [0.2, 0.25) is 0 Å². The topological polar surface area (TPSA) is 67.9 Å². The number of urea groups is 1. The summed E-state index contributed by atoms with van der Waals surface area (Å²) >= 11 is 4.88. The number of hydrogen-bond donors (Lipinski definition) is 1. The smallest absolute Gasteiger partial charge is 0.338 e. The van der Waals surface area contributed by atoms with Crippen molar-refractivity contribution in [2.45, 2.75) is 32.9 Å². The van der Waals surface area contributed by atoms with Crippen molar-refractivity contribution in [2.24, 2.45) is 0 Å². The van der Waals surface area contributed by atoms with Gasteiger partial charge in [-0.15, -0.1) is 11.3 Å². The highest BCUT2D eigenvalue weighted by Gasteiger charge is 2.38. The molecule has 0 aliphatic carbocycles. The highest BCUT2D eigenvalue weighted by molar-refractivity contribution is 9.10. The third-order valence-electron chi connectivity index (χ3n) is 3.66. The Bertz CT molecular complexity index is 656. The van der Waals surface area contributed by atoms with Gasteiger partial charge < -0.3 is 14.8 Å². The van der Waals surface area contributed by atoms with Crippen LogP contribution >= 0.6 is 27.3 Å². The Morgan fingerprint density at radius 1 is 1.46 bits per heavy atom. The van der Waals surface area contributed by atoms with E-state index in [-0.39, 0.29) is 18.7 Å². The number of hydrogen-bond acceptors (Lipinski definition) is 5. The summed E-state index contributed by atoms with van der Waals surface area (Å²) in [5.74, 6) is -0.440. The highest BCUT2D eigenvalue weighted by atomic mass is 79.9. The van der Waals surface area contributed by atoms with E-state index in [1.807, 2.05) is 25.3 Å². The van der Waals surface area contributed by atoms with Crippen LogP contribution in [0.3, 0.4) is 0 Å². The van der Waals surface area contributed by atoms with Gasteiger partial charge in [0, 0.05) is 33.6 Å². The van der Waals surface area contributed by atoms with Gasteiger partial charge in [-0.3, -0.25) is 4.90 Å². The number of thiophene rings is 1. The summed E-state index contributed by atoms with van der Waals surface area (Å²) in [7, 11) is 1.55. The van der Waals surface area contributed by atoms with Crippen molar-refractivity contribution >= 4 is 39.3 Å². The number of nitrogens with zero attached hydrogens (tertiary/aromatic N) is 1. The maximum atomic E-state index is 12.6. The summed E-state index contributed by atoms with van der Waals surface area (Å²) in [5.41, 5.74) is 1.07. The molecule has 1 N–H and O–H groups in total. The summed E-state index contributed by atoms with van der Waals surface area (Å²) in [6.07, 6.45) is 0. The normalized spacial score (nSPS) is 18.2. The van der Waals surface area contributed by atoms with Gasteiger partial charge in [-0.25, -0.2) is 9.59 Å². The maximum Gasteiger partial charge on any atom is 0.338 e. The number of halogens is 1. The van der Waals surface area contributed by atoms with E-state index in [1.165, 1.54) is 11.3 Å². The van der Waals surface area contributed by atoms with Gasteiger partial charge in [0.05, 0.1) is 18.2 Å². The second kappa shape index (κ2) is 8.13. The molecule has 6 nitrogen and oxygen atoms in total. The lowest BCUT2D eigenvalue weighted by Gasteiger charge is -2.37. The number of allylic oxidation sites excluding steroid dienone is 1. The van der Waals surface area contributed by atoms with E-state index in [0.717, 1.165) is 9.35 Å². The monoisotopic (exact) mass is 416 g/mol. The Morgan fingerprint density at radius 3 is 2.71 bits per heavy atom. The molecule has 0 unspecified atom stereocenters. The molecule has 1 atom stereocenters. The molecule has 1 aliphatic heterocycles. The van der Waals surface area contributed by atoms with Crippen LogP contribution in [-0.2, 0) is 14.3 Å². The number of methoxy groups -OCH3 is 1. The van der Waals surface area contributed by atoms with Crippen LogP contribution in [0.15, 0.2) is 27.2 Å². The third-order valence-corrected chi connectivity index (χ3v) is 5.41. The van der Waals surface area contributed by atoms with Crippen LogP contribution in [0.1, 0.15) is 31.7 Å². The Balaban J connectivity index is 2.41. The van der Waals surface area contributed by atoms with E-state index in [4.69, 9.17) is 9.47 Å². The van der Waals surface area contributed by atoms with Gasteiger partial charge in [0.15, 0.2) is 0 Å². The van der Waals surface area contributed by atoms with Crippen LogP contribution < -0.4 is 5.32 Å². The van der Waals surface area contributed by atoms with Gasteiger partial charge in [-0.05, 0) is 42.8 Å². The lowest BCUT2D eigenvalue weighted by atomic mass is 10.00. The molecular formula is C16H21BrN2O4S. The van der Waals surface area contributed by atoms with Crippen LogP contribution in [0.5, 0.6) is 0 Å². The number of esters is 1. The molecule has 0 bridgehead atoms. The van der Waals surface area contributed by atoms with Gasteiger partial charge in [0.25, 0.3) is 0 Å². The molecule has 0 radical (unpaired) electrons. The standard InChI is InChI=1S/C16H21BrN2O4S/c1-9(2)19-10(3)13(15(20)23-6-5-22-4)14(18-16(19)21)12-7-11(17)8-24-12/h7-9,14H,5-6H2,1-4H3,(H,18,21)/t14-/m1/s1. The minimum absolute atomic E-state index is 0.0669. The van der Waals surface area contributed by atoms with Crippen LogP contribution in [0.25, 0.3) is 0 Å². The first-order valence-electron chi connectivity index (χ1n) is 7.57. The molecule has 0 saturated carbocycles. The summed E-state index contributed by atoms with van der Waals surface area (Å²) in [6, 6.07) is 1.10. The van der Waals surface area contributed by atoms with E-state index in [1.54, 1.807) is 18.9 Å².